The van der Waals surface area contributed by atoms with Crippen LogP contribution in [-0.2, 0) is 9.53 Å². The van der Waals surface area contributed by atoms with Crippen LogP contribution in [0.2, 0.25) is 0 Å². The van der Waals surface area contributed by atoms with Crippen LogP contribution in [0.15, 0.2) is 30.5 Å². The molecule has 1 aromatic rings. The first-order valence-electron chi connectivity index (χ1n) is 4.98. The van der Waals surface area contributed by atoms with Crippen LogP contribution in [0, 0.1) is 5.21 Å². The van der Waals surface area contributed by atoms with E-state index in [0.717, 1.165) is 0 Å². The topological polar surface area (TPSA) is 53.2 Å². The van der Waals surface area contributed by atoms with Gasteiger partial charge in [0.1, 0.15) is 5.60 Å². The predicted molar refractivity (Wildman–Crippen MR) is 60.3 cm³/mol. The molecule has 4 heteroatoms. The van der Waals surface area contributed by atoms with Crippen LogP contribution in [0.5, 0.6) is 0 Å². The molecule has 0 atom stereocenters. The Kier molecular flexibility index (Phi) is 3.66. The number of rotatable bonds is 2. The molecule has 0 N–H and O–H groups in total. The van der Waals surface area contributed by atoms with Gasteiger partial charge in [-0.15, -0.1) is 0 Å². The number of hydrogen-bond donors (Lipinski definition) is 0. The standard InChI is InChI=1S/C12H15NO3/c1-12(2,3)16-11(14)8-7-10-6-4-5-9-13(10)15/h4-9H,1-3H3. The molecule has 0 spiro atoms. The van der Waals surface area contributed by atoms with E-state index in [4.69, 9.17) is 4.74 Å². The smallest absolute Gasteiger partial charge is 0.331 e. The maximum atomic E-state index is 11.3. The Morgan fingerprint density at radius 3 is 2.69 bits per heavy atom. The number of hydrogen-bond acceptors (Lipinski definition) is 3. The monoisotopic (exact) mass is 221 g/mol. The summed E-state index contributed by atoms with van der Waals surface area (Å²) in [4.78, 5) is 11.3. The zero-order chi connectivity index (χ0) is 12.2. The fraction of sp³-hybridized carbons (Fsp3) is 0.333. The van der Waals surface area contributed by atoms with Gasteiger partial charge < -0.3 is 9.94 Å². The number of carbonyl (C=O) groups is 1. The molecule has 0 aromatic carbocycles. The Morgan fingerprint density at radius 1 is 1.44 bits per heavy atom. The number of aromatic nitrogens is 1. The molecule has 0 fully saturated rings. The van der Waals surface area contributed by atoms with Crippen LogP contribution >= 0.6 is 0 Å². The normalized spacial score (nSPS) is 11.7. The molecule has 86 valence electrons. The van der Waals surface area contributed by atoms with Gasteiger partial charge in [0.05, 0.1) is 0 Å². The van der Waals surface area contributed by atoms with Crippen molar-refractivity contribution in [3.05, 3.63) is 41.4 Å². The molecule has 1 rings (SSSR count). The first-order chi connectivity index (χ1) is 7.38. The van der Waals surface area contributed by atoms with Crippen molar-refractivity contribution in [2.24, 2.45) is 0 Å². The molecule has 0 saturated carbocycles. The summed E-state index contributed by atoms with van der Waals surface area (Å²) in [6.45, 7) is 5.36. The molecule has 1 aromatic heterocycles. The minimum Gasteiger partial charge on any atom is -0.618 e. The third kappa shape index (κ3) is 4.13. The maximum Gasteiger partial charge on any atom is 0.331 e. The van der Waals surface area contributed by atoms with Gasteiger partial charge in [-0.2, -0.15) is 4.73 Å². The molecular formula is C12H15NO3. The largest absolute Gasteiger partial charge is 0.618 e. The molecule has 0 bridgehead atoms. The summed E-state index contributed by atoms with van der Waals surface area (Å²) >= 11 is 0. The van der Waals surface area contributed by atoms with Crippen LogP contribution in [0.1, 0.15) is 26.5 Å². The highest BCUT2D eigenvalue weighted by atomic mass is 16.6. The number of esters is 1. The average Bonchev–Trinajstić information content (AvgIpc) is 2.14. The zero-order valence-corrected chi connectivity index (χ0v) is 9.64. The third-order valence-electron chi connectivity index (χ3n) is 1.65. The van der Waals surface area contributed by atoms with Gasteiger partial charge in [0.2, 0.25) is 5.69 Å². The van der Waals surface area contributed by atoms with Gasteiger partial charge in [0.25, 0.3) is 0 Å². The van der Waals surface area contributed by atoms with E-state index in [-0.39, 0.29) is 0 Å². The lowest BCUT2D eigenvalue weighted by molar-refractivity contribution is -0.607. The molecule has 0 radical (unpaired) electrons. The van der Waals surface area contributed by atoms with Gasteiger partial charge in [0.15, 0.2) is 6.20 Å². The molecule has 0 aliphatic carbocycles. The summed E-state index contributed by atoms with van der Waals surface area (Å²) in [5, 5.41) is 11.2. The van der Waals surface area contributed by atoms with Crippen molar-refractivity contribution in [2.45, 2.75) is 26.4 Å². The molecule has 0 aliphatic rings. The molecule has 0 amide bonds. The highest BCUT2D eigenvalue weighted by Crippen LogP contribution is 2.07. The maximum absolute atomic E-state index is 11.3. The summed E-state index contributed by atoms with van der Waals surface area (Å²) in [6, 6.07) is 4.97. The second-order valence-corrected chi connectivity index (χ2v) is 4.32. The van der Waals surface area contributed by atoms with E-state index >= 15 is 0 Å². The van der Waals surface area contributed by atoms with Gasteiger partial charge >= 0.3 is 5.97 Å². The van der Waals surface area contributed by atoms with E-state index in [1.165, 1.54) is 18.3 Å². The minimum atomic E-state index is -0.522. The van der Waals surface area contributed by atoms with Gasteiger partial charge in [-0.3, -0.25) is 0 Å². The number of nitrogens with zero attached hydrogens (tertiary/aromatic N) is 1. The van der Waals surface area contributed by atoms with Crippen molar-refractivity contribution >= 4 is 12.0 Å². The van der Waals surface area contributed by atoms with E-state index in [2.05, 4.69) is 0 Å². The first-order valence-corrected chi connectivity index (χ1v) is 4.98. The lowest BCUT2D eigenvalue weighted by atomic mass is 10.2. The van der Waals surface area contributed by atoms with Crippen molar-refractivity contribution in [1.82, 2.24) is 0 Å². The van der Waals surface area contributed by atoms with E-state index < -0.39 is 11.6 Å². The van der Waals surface area contributed by atoms with Crippen molar-refractivity contribution in [3.8, 4) is 0 Å². The van der Waals surface area contributed by atoms with E-state index in [0.29, 0.717) is 10.4 Å². The summed E-state index contributed by atoms with van der Waals surface area (Å²) in [5.41, 5.74) is -0.126. The van der Waals surface area contributed by atoms with Crippen molar-refractivity contribution in [2.75, 3.05) is 0 Å². The van der Waals surface area contributed by atoms with E-state index in [9.17, 15) is 10.0 Å². The zero-order valence-electron chi connectivity index (χ0n) is 9.64. The Bertz CT molecular complexity index is 405. The van der Waals surface area contributed by atoms with Crippen LogP contribution in [0.25, 0.3) is 6.08 Å². The van der Waals surface area contributed by atoms with Gasteiger partial charge in [-0.25, -0.2) is 4.79 Å². The molecular weight excluding hydrogens is 206 g/mol. The SMILES string of the molecule is CC(C)(C)OC(=O)C=Cc1cccc[n+]1[O-]. The highest BCUT2D eigenvalue weighted by Gasteiger charge is 2.14. The fourth-order valence-electron chi connectivity index (χ4n) is 1.06. The second-order valence-electron chi connectivity index (χ2n) is 4.32. The fourth-order valence-corrected chi connectivity index (χ4v) is 1.06. The summed E-state index contributed by atoms with van der Waals surface area (Å²) in [7, 11) is 0. The van der Waals surface area contributed by atoms with Gasteiger partial charge in [-0.05, 0) is 26.8 Å². The Hall–Kier alpha value is -1.84. The van der Waals surface area contributed by atoms with E-state index in [1.807, 2.05) is 0 Å². The second kappa shape index (κ2) is 4.79. The number of pyridine rings is 1. The molecule has 0 saturated heterocycles. The first kappa shape index (κ1) is 12.2. The molecule has 0 unspecified atom stereocenters. The average molecular weight is 221 g/mol. The van der Waals surface area contributed by atoms with Crippen molar-refractivity contribution in [3.63, 3.8) is 0 Å². The van der Waals surface area contributed by atoms with E-state index in [1.54, 1.807) is 39.0 Å². The molecule has 16 heavy (non-hydrogen) atoms. The van der Waals surface area contributed by atoms with Crippen LogP contribution in [0.3, 0.4) is 0 Å². The third-order valence-corrected chi connectivity index (χ3v) is 1.65. The van der Waals surface area contributed by atoms with Crippen molar-refractivity contribution in [1.29, 1.82) is 0 Å². The number of ether oxygens (including phenoxy) is 1. The molecule has 0 aliphatic heterocycles. The quantitative estimate of drug-likeness (QED) is 0.330. The highest BCUT2D eigenvalue weighted by molar-refractivity contribution is 5.86. The lowest BCUT2D eigenvalue weighted by Gasteiger charge is -2.17. The minimum absolute atomic E-state index is 0.397. The van der Waals surface area contributed by atoms with Crippen LogP contribution in [-0.4, -0.2) is 11.6 Å². The number of carbonyl (C=O) groups excluding carboxylic acids is 1. The van der Waals surface area contributed by atoms with Crippen molar-refractivity contribution < 1.29 is 14.3 Å². The van der Waals surface area contributed by atoms with Gasteiger partial charge in [-0.1, -0.05) is 0 Å². The summed E-state index contributed by atoms with van der Waals surface area (Å²) in [5.74, 6) is -0.462. The van der Waals surface area contributed by atoms with Crippen LogP contribution < -0.4 is 4.73 Å². The summed E-state index contributed by atoms with van der Waals surface area (Å²) in [6.07, 6.45) is 4.05. The summed E-state index contributed by atoms with van der Waals surface area (Å²) < 4.78 is 5.74. The van der Waals surface area contributed by atoms with Gasteiger partial charge in [0, 0.05) is 24.3 Å². The van der Waals surface area contributed by atoms with Crippen LogP contribution in [0.4, 0.5) is 0 Å². The predicted octanol–water partition coefficient (Wildman–Crippen LogP) is 1.67. The Morgan fingerprint density at radius 2 is 2.12 bits per heavy atom. The Balaban J connectivity index is 2.68. The molecule has 4 nitrogen and oxygen atoms in total. The lowest BCUT2D eigenvalue weighted by Crippen LogP contribution is -2.28. The molecule has 1 heterocycles. The Labute approximate surface area is 94.7 Å².